The summed E-state index contributed by atoms with van der Waals surface area (Å²) < 4.78 is 5.51. The summed E-state index contributed by atoms with van der Waals surface area (Å²) in [6.07, 6.45) is -0.636. The first-order chi connectivity index (χ1) is 13.0. The first-order valence-electron chi connectivity index (χ1n) is 8.37. The van der Waals surface area contributed by atoms with Gasteiger partial charge in [0.1, 0.15) is 6.10 Å². The van der Waals surface area contributed by atoms with Crippen molar-refractivity contribution in [3.8, 4) is 23.7 Å². The summed E-state index contributed by atoms with van der Waals surface area (Å²) in [5.74, 6) is 8.78. The molecule has 0 bridgehead atoms. The lowest BCUT2D eigenvalue weighted by Crippen LogP contribution is -2.44. The van der Waals surface area contributed by atoms with Crippen LogP contribution in [0.3, 0.4) is 0 Å². The van der Waals surface area contributed by atoms with Crippen molar-refractivity contribution in [2.75, 3.05) is 12.3 Å². The maximum Gasteiger partial charge on any atom is 0.266 e. The number of nitrogens with one attached hydrogen (secondary N) is 1. The largest absolute Gasteiger partial charge is 0.399 e. The number of amides is 2. The van der Waals surface area contributed by atoms with E-state index in [1.807, 2.05) is 0 Å². The van der Waals surface area contributed by atoms with Gasteiger partial charge >= 0.3 is 0 Å². The van der Waals surface area contributed by atoms with Crippen LogP contribution in [0.1, 0.15) is 12.0 Å². The van der Waals surface area contributed by atoms with Crippen LogP contribution >= 0.6 is 0 Å². The fraction of sp³-hybridized carbons (Fsp3) is 0.300. The second-order valence-corrected chi connectivity index (χ2v) is 6.25. The fourth-order valence-corrected chi connectivity index (χ4v) is 2.94. The number of carbonyl (C=O) groups excluding carboxylic acids is 2. The molecule has 3 rings (SSSR count). The summed E-state index contributed by atoms with van der Waals surface area (Å²) in [5, 5.41) is 21.2. The molecule has 2 aliphatic rings. The predicted molar refractivity (Wildman–Crippen MR) is 96.6 cm³/mol. The minimum Gasteiger partial charge on any atom is -0.399 e. The molecule has 7 heteroatoms. The second kappa shape index (κ2) is 8.07. The van der Waals surface area contributed by atoms with Gasteiger partial charge in [-0.15, -0.1) is 0 Å². The lowest BCUT2D eigenvalue weighted by Gasteiger charge is -2.23. The van der Waals surface area contributed by atoms with Gasteiger partial charge < -0.3 is 20.7 Å². The molecule has 5 N–H and O–H groups in total. The van der Waals surface area contributed by atoms with Crippen LogP contribution in [0.15, 0.2) is 35.9 Å². The third kappa shape index (κ3) is 4.36. The van der Waals surface area contributed by atoms with Crippen molar-refractivity contribution in [3.63, 3.8) is 0 Å². The van der Waals surface area contributed by atoms with E-state index in [9.17, 15) is 14.7 Å². The summed E-state index contributed by atoms with van der Waals surface area (Å²) in [5.41, 5.74) is 7.06. The highest BCUT2D eigenvalue weighted by atomic mass is 16.5. The maximum atomic E-state index is 12.1. The number of anilines is 1. The Hall–Kier alpha value is -3.10. The second-order valence-electron chi connectivity index (χ2n) is 6.25. The minimum atomic E-state index is -0.863. The van der Waals surface area contributed by atoms with Gasteiger partial charge in [-0.25, -0.2) is 0 Å². The average Bonchev–Trinajstić information content (AvgIpc) is 3.01. The van der Waals surface area contributed by atoms with Crippen LogP contribution in [0.5, 0.6) is 0 Å². The molecule has 2 amide bonds. The number of carbonyl (C=O) groups is 2. The van der Waals surface area contributed by atoms with E-state index in [0.717, 1.165) is 0 Å². The van der Waals surface area contributed by atoms with Crippen molar-refractivity contribution >= 4 is 17.5 Å². The molecule has 0 spiro atoms. The number of imide groups is 1. The molecular formula is C20H18N2O5. The molecule has 1 aromatic carbocycles. The van der Waals surface area contributed by atoms with Crippen LogP contribution in [0.2, 0.25) is 0 Å². The quantitative estimate of drug-likeness (QED) is 0.313. The summed E-state index contributed by atoms with van der Waals surface area (Å²) in [7, 11) is 0. The number of aliphatic hydroxyl groups is 2. The highest BCUT2D eigenvalue weighted by Gasteiger charge is 2.42. The van der Waals surface area contributed by atoms with Crippen LogP contribution in [0, 0.1) is 29.6 Å². The normalized spacial score (nSPS) is 27.0. The van der Waals surface area contributed by atoms with Gasteiger partial charge in [-0.1, -0.05) is 12.0 Å². The highest BCUT2D eigenvalue weighted by molar-refractivity contribution is 6.11. The first kappa shape index (κ1) is 18.7. The van der Waals surface area contributed by atoms with Crippen LogP contribution in [-0.4, -0.2) is 46.9 Å². The first-order valence-corrected chi connectivity index (χ1v) is 8.37. The van der Waals surface area contributed by atoms with Crippen LogP contribution < -0.4 is 11.1 Å². The predicted octanol–water partition coefficient (Wildman–Crippen LogP) is -0.667. The smallest absolute Gasteiger partial charge is 0.266 e. The Kier molecular flexibility index (Phi) is 5.58. The Balaban J connectivity index is 1.77. The molecule has 7 nitrogen and oxygen atoms in total. The average molecular weight is 366 g/mol. The lowest BCUT2D eigenvalue weighted by molar-refractivity contribution is -0.134. The van der Waals surface area contributed by atoms with Crippen LogP contribution in [0.4, 0.5) is 5.69 Å². The van der Waals surface area contributed by atoms with E-state index in [4.69, 9.17) is 15.6 Å². The van der Waals surface area contributed by atoms with Crippen molar-refractivity contribution in [3.05, 3.63) is 41.5 Å². The molecule has 4 atom stereocenters. The van der Waals surface area contributed by atoms with Gasteiger partial charge in [0.25, 0.3) is 5.91 Å². The molecule has 0 aliphatic carbocycles. The van der Waals surface area contributed by atoms with Crippen LogP contribution in [0.25, 0.3) is 0 Å². The molecule has 4 unspecified atom stereocenters. The zero-order valence-electron chi connectivity index (χ0n) is 14.3. The summed E-state index contributed by atoms with van der Waals surface area (Å²) >= 11 is 0. The number of rotatable bonds is 2. The topological polar surface area (TPSA) is 122 Å². The van der Waals surface area contributed by atoms with Gasteiger partial charge in [0, 0.05) is 17.7 Å². The molecule has 2 aliphatic heterocycles. The van der Waals surface area contributed by atoms with Gasteiger partial charge in [0.05, 0.1) is 30.3 Å². The molecule has 1 aromatic rings. The molecule has 1 fully saturated rings. The van der Waals surface area contributed by atoms with E-state index in [1.54, 1.807) is 24.3 Å². The number of ether oxygens (including phenoxy) is 1. The highest BCUT2D eigenvalue weighted by Crippen LogP contribution is 2.29. The van der Waals surface area contributed by atoms with E-state index >= 15 is 0 Å². The molecule has 1 saturated heterocycles. The maximum absolute atomic E-state index is 12.1. The SMILES string of the molecule is Nc1cccc(C#CC#CC2=CC(C3CC(O)C(CO)O3)C(=O)NC2=O)c1. The van der Waals surface area contributed by atoms with Gasteiger partial charge in [-0.3, -0.25) is 14.9 Å². The van der Waals surface area contributed by atoms with Crippen molar-refractivity contribution < 1.29 is 24.5 Å². The third-order valence-electron chi connectivity index (χ3n) is 4.32. The van der Waals surface area contributed by atoms with E-state index in [-0.39, 0.29) is 18.6 Å². The van der Waals surface area contributed by atoms with Crippen LogP contribution in [-0.2, 0) is 14.3 Å². The number of nitrogens with two attached hydrogens (primary N) is 1. The Labute approximate surface area is 156 Å². The minimum absolute atomic E-state index is 0.104. The monoisotopic (exact) mass is 366 g/mol. The molecule has 27 heavy (non-hydrogen) atoms. The zero-order chi connectivity index (χ0) is 19.4. The van der Waals surface area contributed by atoms with Crippen molar-refractivity contribution in [1.29, 1.82) is 0 Å². The number of hydrogen-bond acceptors (Lipinski definition) is 6. The molecule has 138 valence electrons. The van der Waals surface area contributed by atoms with Crippen molar-refractivity contribution in [1.82, 2.24) is 5.32 Å². The van der Waals surface area contributed by atoms with E-state index in [0.29, 0.717) is 11.3 Å². The number of nitrogen functional groups attached to an aromatic ring is 1. The Morgan fingerprint density at radius 1 is 1.26 bits per heavy atom. The van der Waals surface area contributed by atoms with E-state index in [2.05, 4.69) is 29.0 Å². The van der Waals surface area contributed by atoms with Crippen molar-refractivity contribution in [2.24, 2.45) is 5.92 Å². The zero-order valence-corrected chi connectivity index (χ0v) is 14.3. The number of aliphatic hydroxyl groups excluding tert-OH is 2. The third-order valence-corrected chi connectivity index (χ3v) is 4.32. The number of benzene rings is 1. The molecule has 0 aromatic heterocycles. The summed E-state index contributed by atoms with van der Waals surface area (Å²) in [4.78, 5) is 24.1. The molecule has 2 heterocycles. The van der Waals surface area contributed by atoms with Gasteiger partial charge in [0.15, 0.2) is 0 Å². The fourth-order valence-electron chi connectivity index (χ4n) is 2.94. The molecule has 0 radical (unpaired) electrons. The Bertz CT molecular complexity index is 916. The lowest BCUT2D eigenvalue weighted by atomic mass is 9.92. The van der Waals surface area contributed by atoms with Crippen molar-refractivity contribution in [2.45, 2.75) is 24.7 Å². The Morgan fingerprint density at radius 3 is 2.74 bits per heavy atom. The molecular weight excluding hydrogens is 348 g/mol. The van der Waals surface area contributed by atoms with E-state index in [1.165, 1.54) is 6.08 Å². The number of hydrogen-bond donors (Lipinski definition) is 4. The van der Waals surface area contributed by atoms with E-state index < -0.39 is 36.0 Å². The summed E-state index contributed by atoms with van der Waals surface area (Å²) in [6, 6.07) is 7.01. The van der Waals surface area contributed by atoms with Gasteiger partial charge in [0.2, 0.25) is 5.91 Å². The standard InChI is InChI=1S/C20H18N2O5/c21-14-7-3-5-12(8-14)4-1-2-6-13-9-15(20(26)22-19(13)25)17-10-16(24)18(11-23)27-17/h3,5,7-9,15-18,23-24H,10-11,21H2,(H,22,25,26). The summed E-state index contributed by atoms with van der Waals surface area (Å²) in [6.45, 7) is -0.346. The Morgan fingerprint density at radius 2 is 2.04 bits per heavy atom. The van der Waals surface area contributed by atoms with Gasteiger partial charge in [-0.2, -0.15) is 0 Å². The van der Waals surface area contributed by atoms with Gasteiger partial charge in [-0.05, 0) is 42.0 Å². The molecule has 0 saturated carbocycles.